The number of anilines is 2. The van der Waals surface area contributed by atoms with E-state index in [1.807, 2.05) is 42.2 Å². The number of carbonyl (C=O) groups is 1. The Balaban J connectivity index is 1.71. The number of nitrogens with zero attached hydrogens (tertiary/aromatic N) is 3. The van der Waals surface area contributed by atoms with Gasteiger partial charge < -0.3 is 15.0 Å². The first-order chi connectivity index (χ1) is 12.2. The Morgan fingerprint density at radius 3 is 2.84 bits per heavy atom. The first-order valence-electron chi connectivity index (χ1n) is 8.71. The van der Waals surface area contributed by atoms with Gasteiger partial charge in [-0.15, -0.1) is 0 Å². The molecule has 1 aromatic carbocycles. The second-order valence-electron chi connectivity index (χ2n) is 6.19. The molecule has 1 aliphatic rings. The molecule has 1 saturated heterocycles. The van der Waals surface area contributed by atoms with Crippen LogP contribution in [0.5, 0.6) is 5.75 Å². The van der Waals surface area contributed by atoms with E-state index >= 15 is 0 Å². The van der Waals surface area contributed by atoms with Gasteiger partial charge in [0.2, 0.25) is 11.9 Å². The van der Waals surface area contributed by atoms with Crippen molar-refractivity contribution < 1.29 is 9.53 Å². The Kier molecular flexibility index (Phi) is 5.48. The Morgan fingerprint density at radius 2 is 2.12 bits per heavy atom. The lowest BCUT2D eigenvalue weighted by Crippen LogP contribution is -2.38. The molecule has 1 fully saturated rings. The van der Waals surface area contributed by atoms with E-state index in [1.54, 1.807) is 13.3 Å². The molecule has 1 unspecified atom stereocenters. The van der Waals surface area contributed by atoms with E-state index < -0.39 is 0 Å². The van der Waals surface area contributed by atoms with Crippen LogP contribution in [0.25, 0.3) is 0 Å². The number of benzene rings is 1. The van der Waals surface area contributed by atoms with Crippen LogP contribution in [0.1, 0.15) is 37.8 Å². The fourth-order valence-corrected chi connectivity index (χ4v) is 3.13. The maximum Gasteiger partial charge on any atom is 0.227 e. The molecular formula is C19H24N4O2. The fraction of sp³-hybridized carbons (Fsp3) is 0.421. The van der Waals surface area contributed by atoms with Crippen LogP contribution in [0.15, 0.2) is 36.5 Å². The summed E-state index contributed by atoms with van der Waals surface area (Å²) < 4.78 is 5.17. The standard InChI is InChI=1S/C19H24N4O2/c1-3-18(24)23-12-4-5-14(13-23)17-10-11-20-19(22-17)21-15-6-8-16(25-2)9-7-15/h6-11,14H,3-5,12-13H2,1-2H3,(H,20,21,22). The highest BCUT2D eigenvalue weighted by atomic mass is 16.5. The minimum Gasteiger partial charge on any atom is -0.497 e. The number of likely N-dealkylation sites (tertiary alicyclic amines) is 1. The molecule has 132 valence electrons. The summed E-state index contributed by atoms with van der Waals surface area (Å²) in [5, 5.41) is 3.22. The number of carbonyl (C=O) groups excluding carboxylic acids is 1. The summed E-state index contributed by atoms with van der Waals surface area (Å²) in [5.41, 5.74) is 1.89. The second-order valence-corrected chi connectivity index (χ2v) is 6.19. The highest BCUT2D eigenvalue weighted by Crippen LogP contribution is 2.27. The Hall–Kier alpha value is -2.63. The zero-order valence-corrected chi connectivity index (χ0v) is 14.7. The molecule has 1 aromatic heterocycles. The predicted molar refractivity (Wildman–Crippen MR) is 97.2 cm³/mol. The summed E-state index contributed by atoms with van der Waals surface area (Å²) in [5.74, 6) is 1.86. The van der Waals surface area contributed by atoms with Gasteiger partial charge in [-0.05, 0) is 43.2 Å². The third-order valence-electron chi connectivity index (χ3n) is 4.52. The van der Waals surface area contributed by atoms with Crippen LogP contribution in [0.4, 0.5) is 11.6 Å². The average molecular weight is 340 g/mol. The van der Waals surface area contributed by atoms with Crippen molar-refractivity contribution >= 4 is 17.5 Å². The van der Waals surface area contributed by atoms with E-state index in [0.717, 1.165) is 43.1 Å². The Bertz CT molecular complexity index is 718. The van der Waals surface area contributed by atoms with E-state index in [-0.39, 0.29) is 11.8 Å². The van der Waals surface area contributed by atoms with E-state index in [9.17, 15) is 4.79 Å². The molecular weight excluding hydrogens is 316 g/mol. The molecule has 0 radical (unpaired) electrons. The van der Waals surface area contributed by atoms with Gasteiger partial charge in [0.1, 0.15) is 5.75 Å². The fourth-order valence-electron chi connectivity index (χ4n) is 3.13. The first-order valence-corrected chi connectivity index (χ1v) is 8.71. The smallest absolute Gasteiger partial charge is 0.227 e. The van der Waals surface area contributed by atoms with Gasteiger partial charge in [0, 0.05) is 37.3 Å². The minimum atomic E-state index is 0.218. The normalized spacial score (nSPS) is 17.2. The molecule has 0 spiro atoms. The number of amides is 1. The maximum atomic E-state index is 12.0. The topological polar surface area (TPSA) is 67.4 Å². The molecule has 6 nitrogen and oxygen atoms in total. The van der Waals surface area contributed by atoms with Gasteiger partial charge in [-0.1, -0.05) is 6.92 Å². The SMILES string of the molecule is CCC(=O)N1CCCC(c2ccnc(Nc3ccc(OC)cc3)n2)C1. The molecule has 0 aliphatic carbocycles. The monoisotopic (exact) mass is 340 g/mol. The van der Waals surface area contributed by atoms with E-state index in [4.69, 9.17) is 4.74 Å². The van der Waals surface area contributed by atoms with E-state index in [1.165, 1.54) is 0 Å². The number of hydrogen-bond donors (Lipinski definition) is 1. The van der Waals surface area contributed by atoms with Crippen LogP contribution in [-0.2, 0) is 4.79 Å². The minimum absolute atomic E-state index is 0.218. The van der Waals surface area contributed by atoms with Gasteiger partial charge in [0.05, 0.1) is 12.8 Å². The molecule has 1 N–H and O–H groups in total. The van der Waals surface area contributed by atoms with Crippen molar-refractivity contribution in [2.75, 3.05) is 25.5 Å². The highest BCUT2D eigenvalue weighted by molar-refractivity contribution is 5.76. The van der Waals surface area contributed by atoms with Crippen LogP contribution in [-0.4, -0.2) is 41.0 Å². The van der Waals surface area contributed by atoms with Crippen molar-refractivity contribution in [1.82, 2.24) is 14.9 Å². The average Bonchev–Trinajstić information content (AvgIpc) is 2.68. The lowest BCUT2D eigenvalue weighted by atomic mass is 9.94. The number of aromatic nitrogens is 2. The van der Waals surface area contributed by atoms with Crippen LogP contribution in [0.3, 0.4) is 0 Å². The molecule has 0 bridgehead atoms. The number of ether oxygens (including phenoxy) is 1. The van der Waals surface area contributed by atoms with Crippen molar-refractivity contribution in [2.24, 2.45) is 0 Å². The van der Waals surface area contributed by atoms with Gasteiger partial charge in [-0.25, -0.2) is 9.97 Å². The predicted octanol–water partition coefficient (Wildman–Crippen LogP) is 3.34. The molecule has 1 atom stereocenters. The molecule has 2 aromatic rings. The molecule has 3 rings (SSSR count). The van der Waals surface area contributed by atoms with Crippen LogP contribution >= 0.6 is 0 Å². The van der Waals surface area contributed by atoms with Crippen molar-refractivity contribution in [3.8, 4) is 5.75 Å². The van der Waals surface area contributed by atoms with Gasteiger partial charge >= 0.3 is 0 Å². The largest absolute Gasteiger partial charge is 0.497 e. The second kappa shape index (κ2) is 7.96. The van der Waals surface area contributed by atoms with E-state index in [2.05, 4.69) is 15.3 Å². The Labute approximate surface area is 148 Å². The lowest BCUT2D eigenvalue weighted by molar-refractivity contribution is -0.132. The Morgan fingerprint density at radius 1 is 1.32 bits per heavy atom. The molecule has 1 amide bonds. The molecule has 2 heterocycles. The number of hydrogen-bond acceptors (Lipinski definition) is 5. The molecule has 0 saturated carbocycles. The summed E-state index contributed by atoms with van der Waals surface area (Å²) in [6.07, 6.45) is 4.39. The lowest BCUT2D eigenvalue weighted by Gasteiger charge is -2.32. The van der Waals surface area contributed by atoms with Gasteiger partial charge in [-0.2, -0.15) is 0 Å². The number of methoxy groups -OCH3 is 1. The molecule has 25 heavy (non-hydrogen) atoms. The zero-order chi connectivity index (χ0) is 17.6. The number of rotatable bonds is 5. The molecule has 1 aliphatic heterocycles. The summed E-state index contributed by atoms with van der Waals surface area (Å²) in [7, 11) is 1.64. The third-order valence-corrected chi connectivity index (χ3v) is 4.52. The van der Waals surface area contributed by atoms with Gasteiger partial charge in [0.15, 0.2) is 0 Å². The molecule has 6 heteroatoms. The van der Waals surface area contributed by atoms with Crippen LogP contribution in [0.2, 0.25) is 0 Å². The van der Waals surface area contributed by atoms with Crippen molar-refractivity contribution in [2.45, 2.75) is 32.1 Å². The summed E-state index contributed by atoms with van der Waals surface area (Å²) in [6, 6.07) is 9.58. The third kappa shape index (κ3) is 4.26. The van der Waals surface area contributed by atoms with Crippen LogP contribution in [0, 0.1) is 0 Å². The van der Waals surface area contributed by atoms with Crippen LogP contribution < -0.4 is 10.1 Å². The summed E-state index contributed by atoms with van der Waals surface area (Å²) in [6.45, 7) is 3.50. The van der Waals surface area contributed by atoms with E-state index in [0.29, 0.717) is 12.4 Å². The quantitative estimate of drug-likeness (QED) is 0.904. The van der Waals surface area contributed by atoms with Gasteiger partial charge in [-0.3, -0.25) is 4.79 Å². The highest BCUT2D eigenvalue weighted by Gasteiger charge is 2.25. The maximum absolute atomic E-state index is 12.0. The zero-order valence-electron chi connectivity index (χ0n) is 14.7. The van der Waals surface area contributed by atoms with Crippen molar-refractivity contribution in [3.05, 3.63) is 42.2 Å². The van der Waals surface area contributed by atoms with Gasteiger partial charge in [0.25, 0.3) is 0 Å². The summed E-state index contributed by atoms with van der Waals surface area (Å²) >= 11 is 0. The number of nitrogens with one attached hydrogen (secondary N) is 1. The van der Waals surface area contributed by atoms with Crippen molar-refractivity contribution in [3.63, 3.8) is 0 Å². The number of piperidine rings is 1. The summed E-state index contributed by atoms with van der Waals surface area (Å²) in [4.78, 5) is 22.9. The van der Waals surface area contributed by atoms with Crippen molar-refractivity contribution in [1.29, 1.82) is 0 Å². The first kappa shape index (κ1) is 17.2.